The Morgan fingerprint density at radius 3 is 3.00 bits per heavy atom. The van der Waals surface area contributed by atoms with Crippen molar-refractivity contribution in [3.63, 3.8) is 0 Å². The summed E-state index contributed by atoms with van der Waals surface area (Å²) in [5.74, 6) is 2.31. The maximum Gasteiger partial charge on any atom is 0.254 e. The lowest BCUT2D eigenvalue weighted by Crippen LogP contribution is -2.34. The number of carbonyl (C=O) groups is 1. The number of fused-ring (bicyclic) bond motifs is 3. The van der Waals surface area contributed by atoms with Crippen molar-refractivity contribution < 1.29 is 4.79 Å². The van der Waals surface area contributed by atoms with Crippen molar-refractivity contribution in [2.45, 2.75) is 25.9 Å². The standard InChI is InChI=1S/C27H28N8O/c1-15-9-22(33-23(10-15)35-8-4-16-11-28-14-21(16)35)32-20-13-30-25(19-12-31-27(36)24(19)20)17-3-6-29-26-18(17)5-7-34(26)2/h3,5-7,9-10,13,16,21,28H,4,8,11-12,14H2,1-2H3,(H,31,36)(H,32,33)/t16-,21+/m1/s1. The predicted octanol–water partition coefficient (Wildman–Crippen LogP) is 3.12. The lowest BCUT2D eigenvalue weighted by Gasteiger charge is -2.25. The van der Waals surface area contributed by atoms with E-state index in [1.165, 1.54) is 6.42 Å². The van der Waals surface area contributed by atoms with Gasteiger partial charge in [0.1, 0.15) is 17.3 Å². The Kier molecular flexibility index (Phi) is 4.75. The largest absolute Gasteiger partial charge is 0.352 e. The van der Waals surface area contributed by atoms with Gasteiger partial charge in [-0.3, -0.25) is 9.78 Å². The van der Waals surface area contributed by atoms with Crippen LogP contribution in [-0.4, -0.2) is 51.1 Å². The smallest absolute Gasteiger partial charge is 0.254 e. The summed E-state index contributed by atoms with van der Waals surface area (Å²) in [6, 6.07) is 8.68. The Hall–Kier alpha value is -3.98. The maximum absolute atomic E-state index is 13.0. The van der Waals surface area contributed by atoms with Gasteiger partial charge in [-0.15, -0.1) is 0 Å². The molecule has 0 aliphatic carbocycles. The number of hydrogen-bond donors (Lipinski definition) is 3. The SMILES string of the molecule is Cc1cc(Nc2cnc(-c3ccnc4c3ccn4C)c3c2C(=O)NC3)nc(N2CC[C@@H]3CNC[C@@H]32)c1. The monoisotopic (exact) mass is 480 g/mol. The summed E-state index contributed by atoms with van der Waals surface area (Å²) in [7, 11) is 1.98. The molecule has 3 N–H and O–H groups in total. The van der Waals surface area contributed by atoms with Crippen LogP contribution in [0.4, 0.5) is 17.3 Å². The van der Waals surface area contributed by atoms with E-state index in [0.717, 1.165) is 64.7 Å². The molecule has 0 radical (unpaired) electrons. The van der Waals surface area contributed by atoms with Gasteiger partial charge in [-0.1, -0.05) is 0 Å². The second-order valence-electron chi connectivity index (χ2n) is 10.1. The number of aromatic nitrogens is 4. The minimum absolute atomic E-state index is 0.0956. The number of hydrogen-bond acceptors (Lipinski definition) is 7. The molecule has 0 saturated carbocycles. The number of nitrogens with one attached hydrogen (secondary N) is 3. The van der Waals surface area contributed by atoms with E-state index in [1.807, 2.05) is 36.0 Å². The maximum atomic E-state index is 13.0. The van der Waals surface area contributed by atoms with Gasteiger partial charge < -0.3 is 25.4 Å². The molecular weight excluding hydrogens is 452 g/mol. The van der Waals surface area contributed by atoms with Gasteiger partial charge in [-0.2, -0.15) is 0 Å². The fraction of sp³-hybridized carbons (Fsp3) is 0.333. The molecule has 7 rings (SSSR count). The Balaban J connectivity index is 1.27. The zero-order valence-corrected chi connectivity index (χ0v) is 20.4. The molecule has 3 aliphatic heterocycles. The first kappa shape index (κ1) is 21.3. The summed E-state index contributed by atoms with van der Waals surface area (Å²) < 4.78 is 1.99. The number of aryl methyl sites for hydroxylation is 2. The van der Waals surface area contributed by atoms with E-state index in [9.17, 15) is 4.79 Å². The first-order chi connectivity index (χ1) is 17.6. The second kappa shape index (κ2) is 8.03. The molecule has 2 fully saturated rings. The highest BCUT2D eigenvalue weighted by atomic mass is 16.1. The predicted molar refractivity (Wildman–Crippen MR) is 139 cm³/mol. The molecule has 4 aromatic rings. The van der Waals surface area contributed by atoms with Crippen molar-refractivity contribution in [1.29, 1.82) is 0 Å². The summed E-state index contributed by atoms with van der Waals surface area (Å²) in [5.41, 5.74) is 6.01. The molecule has 0 unspecified atom stereocenters. The van der Waals surface area contributed by atoms with Crippen molar-refractivity contribution in [2.24, 2.45) is 13.0 Å². The molecule has 9 heteroatoms. The van der Waals surface area contributed by atoms with Crippen molar-refractivity contribution in [3.8, 4) is 11.3 Å². The first-order valence-corrected chi connectivity index (χ1v) is 12.5. The average molecular weight is 481 g/mol. The highest BCUT2D eigenvalue weighted by Crippen LogP contribution is 2.37. The van der Waals surface area contributed by atoms with E-state index in [-0.39, 0.29) is 5.91 Å². The molecule has 36 heavy (non-hydrogen) atoms. The average Bonchev–Trinajstić information content (AvgIpc) is 3.64. The highest BCUT2D eigenvalue weighted by molar-refractivity contribution is 6.06. The molecule has 3 aliphatic rings. The van der Waals surface area contributed by atoms with E-state index in [1.54, 1.807) is 12.4 Å². The third-order valence-corrected chi connectivity index (χ3v) is 7.81. The lowest BCUT2D eigenvalue weighted by molar-refractivity contribution is 0.0966. The van der Waals surface area contributed by atoms with Crippen molar-refractivity contribution in [1.82, 2.24) is 30.2 Å². The van der Waals surface area contributed by atoms with E-state index in [0.29, 0.717) is 29.8 Å². The fourth-order valence-electron chi connectivity index (χ4n) is 6.07. The number of anilines is 3. The normalized spacial score (nSPS) is 20.6. The zero-order valence-electron chi connectivity index (χ0n) is 20.4. The van der Waals surface area contributed by atoms with Crippen molar-refractivity contribution in [3.05, 3.63) is 59.5 Å². The van der Waals surface area contributed by atoms with E-state index >= 15 is 0 Å². The fourth-order valence-corrected chi connectivity index (χ4v) is 6.07. The summed E-state index contributed by atoms with van der Waals surface area (Å²) >= 11 is 0. The van der Waals surface area contributed by atoms with Gasteiger partial charge in [0.05, 0.1) is 23.1 Å². The van der Waals surface area contributed by atoms with Crippen LogP contribution < -0.4 is 20.9 Å². The molecule has 0 aromatic carbocycles. The molecular formula is C27H28N8O. The van der Waals surface area contributed by atoms with Gasteiger partial charge in [-0.25, -0.2) is 9.97 Å². The van der Waals surface area contributed by atoms with Crippen LogP contribution in [0.1, 0.15) is 27.9 Å². The van der Waals surface area contributed by atoms with Gasteiger partial charge in [0, 0.05) is 68.2 Å². The molecule has 0 spiro atoms. The van der Waals surface area contributed by atoms with Gasteiger partial charge in [0.15, 0.2) is 0 Å². The van der Waals surface area contributed by atoms with Crippen LogP contribution >= 0.6 is 0 Å². The van der Waals surface area contributed by atoms with Gasteiger partial charge in [0.25, 0.3) is 5.91 Å². The highest BCUT2D eigenvalue weighted by Gasteiger charge is 2.38. The van der Waals surface area contributed by atoms with Crippen LogP contribution in [0.25, 0.3) is 22.3 Å². The van der Waals surface area contributed by atoms with Crippen LogP contribution in [0, 0.1) is 12.8 Å². The Morgan fingerprint density at radius 1 is 1.17 bits per heavy atom. The summed E-state index contributed by atoms with van der Waals surface area (Å²) in [6.45, 7) is 5.65. The van der Waals surface area contributed by atoms with Crippen LogP contribution in [0.2, 0.25) is 0 Å². The van der Waals surface area contributed by atoms with E-state index < -0.39 is 0 Å². The minimum atomic E-state index is -0.0956. The van der Waals surface area contributed by atoms with Crippen molar-refractivity contribution in [2.75, 3.05) is 29.9 Å². The van der Waals surface area contributed by atoms with E-state index in [2.05, 4.69) is 38.8 Å². The molecule has 9 nitrogen and oxygen atoms in total. The lowest BCUT2D eigenvalue weighted by atomic mass is 10.0. The molecule has 1 amide bonds. The molecule has 7 heterocycles. The second-order valence-corrected chi connectivity index (χ2v) is 10.1. The Labute approximate surface area is 209 Å². The number of amides is 1. The molecule has 4 aromatic heterocycles. The Bertz CT molecular complexity index is 1530. The van der Waals surface area contributed by atoms with Gasteiger partial charge in [-0.05, 0) is 49.1 Å². The Morgan fingerprint density at radius 2 is 2.08 bits per heavy atom. The summed E-state index contributed by atoms with van der Waals surface area (Å²) in [4.78, 5) is 29.7. The third kappa shape index (κ3) is 3.26. The van der Waals surface area contributed by atoms with E-state index in [4.69, 9.17) is 9.97 Å². The number of pyridine rings is 3. The third-order valence-electron chi connectivity index (χ3n) is 7.81. The number of nitrogens with zero attached hydrogens (tertiary/aromatic N) is 5. The quantitative estimate of drug-likeness (QED) is 0.413. The molecule has 0 bridgehead atoms. The van der Waals surface area contributed by atoms with Gasteiger partial charge >= 0.3 is 0 Å². The minimum Gasteiger partial charge on any atom is -0.352 e. The number of rotatable bonds is 4. The van der Waals surface area contributed by atoms with Crippen LogP contribution in [0.5, 0.6) is 0 Å². The molecule has 2 saturated heterocycles. The van der Waals surface area contributed by atoms with Crippen molar-refractivity contribution >= 4 is 34.3 Å². The zero-order chi connectivity index (χ0) is 24.4. The van der Waals surface area contributed by atoms with Crippen LogP contribution in [-0.2, 0) is 13.6 Å². The topological polar surface area (TPSA) is 100 Å². The molecule has 2 atom stereocenters. The molecule has 182 valence electrons. The van der Waals surface area contributed by atoms with Crippen LogP contribution in [0.3, 0.4) is 0 Å². The number of carbonyl (C=O) groups excluding carboxylic acids is 1. The summed E-state index contributed by atoms with van der Waals surface area (Å²) in [5, 5.41) is 11.0. The van der Waals surface area contributed by atoms with Crippen LogP contribution in [0.15, 0.2) is 42.9 Å². The summed E-state index contributed by atoms with van der Waals surface area (Å²) in [6.07, 6.45) is 6.73. The van der Waals surface area contributed by atoms with Gasteiger partial charge in [0.2, 0.25) is 0 Å². The first-order valence-electron chi connectivity index (χ1n) is 12.5.